The summed E-state index contributed by atoms with van der Waals surface area (Å²) in [6.45, 7) is 7.10. The first-order chi connectivity index (χ1) is 7.63. The highest BCUT2D eigenvalue weighted by atomic mass is 16.6. The van der Waals surface area contributed by atoms with E-state index in [9.17, 15) is 9.59 Å². The number of ether oxygens (including phenoxy) is 2. The molecule has 17 heavy (non-hydrogen) atoms. The van der Waals surface area contributed by atoms with E-state index in [0.29, 0.717) is 6.42 Å². The molecule has 1 saturated carbocycles. The molecule has 0 aromatic rings. The summed E-state index contributed by atoms with van der Waals surface area (Å²) in [6, 6.07) is 0. The molecule has 1 aliphatic carbocycles. The summed E-state index contributed by atoms with van der Waals surface area (Å²) < 4.78 is 9.96. The molecule has 0 saturated heterocycles. The molecule has 2 N–H and O–H groups in total. The monoisotopic (exact) mass is 243 g/mol. The maximum Gasteiger partial charge on any atom is 0.326 e. The summed E-state index contributed by atoms with van der Waals surface area (Å²) in [5.41, 5.74) is 3.23. The van der Waals surface area contributed by atoms with Crippen LogP contribution in [0.4, 0.5) is 0 Å². The lowest BCUT2D eigenvalue weighted by atomic mass is 9.98. The first-order valence-corrected chi connectivity index (χ1v) is 5.74. The van der Waals surface area contributed by atoms with Gasteiger partial charge in [0.25, 0.3) is 0 Å². The average Bonchev–Trinajstić information content (AvgIpc) is 2.84. The van der Waals surface area contributed by atoms with E-state index < -0.39 is 28.5 Å². The van der Waals surface area contributed by atoms with Crippen LogP contribution in [0.3, 0.4) is 0 Å². The molecule has 1 rings (SSSR count). The summed E-state index contributed by atoms with van der Waals surface area (Å²) in [7, 11) is 1.25. The van der Waals surface area contributed by atoms with Gasteiger partial charge in [-0.05, 0) is 33.6 Å². The fourth-order valence-electron chi connectivity index (χ4n) is 2.03. The zero-order chi connectivity index (χ0) is 13.5. The normalized spacial score (nSPS) is 31.9. The van der Waals surface area contributed by atoms with Crippen LogP contribution in [0.1, 0.15) is 40.5 Å². The molecule has 98 valence electrons. The molecule has 1 fully saturated rings. The quantitative estimate of drug-likeness (QED) is 0.591. The maximum absolute atomic E-state index is 12.1. The van der Waals surface area contributed by atoms with Gasteiger partial charge in [-0.15, -0.1) is 0 Å². The van der Waals surface area contributed by atoms with Gasteiger partial charge in [0.05, 0.1) is 7.11 Å². The van der Waals surface area contributed by atoms with Crippen molar-refractivity contribution in [3.63, 3.8) is 0 Å². The molecule has 1 aliphatic rings. The summed E-state index contributed by atoms with van der Waals surface area (Å²) >= 11 is 0. The molecule has 0 aromatic carbocycles. The van der Waals surface area contributed by atoms with Crippen LogP contribution in [0, 0.1) is 5.41 Å². The number of hydrogen-bond acceptors (Lipinski definition) is 5. The number of methoxy groups -OCH3 is 1. The summed E-state index contributed by atoms with van der Waals surface area (Å²) in [4.78, 5) is 23.9. The Balaban J connectivity index is 2.97. The van der Waals surface area contributed by atoms with Crippen molar-refractivity contribution in [3.8, 4) is 0 Å². The second-order valence-electron chi connectivity index (χ2n) is 5.59. The fourth-order valence-corrected chi connectivity index (χ4v) is 2.03. The van der Waals surface area contributed by atoms with Crippen LogP contribution in [0.2, 0.25) is 0 Å². The van der Waals surface area contributed by atoms with Crippen LogP contribution in [-0.4, -0.2) is 30.2 Å². The first-order valence-electron chi connectivity index (χ1n) is 5.74. The van der Waals surface area contributed by atoms with Gasteiger partial charge in [0.1, 0.15) is 5.60 Å². The van der Waals surface area contributed by atoms with Crippen molar-refractivity contribution in [2.45, 2.75) is 51.7 Å². The Morgan fingerprint density at radius 1 is 1.29 bits per heavy atom. The molecular formula is C12H21NO4. The predicted octanol–water partition coefficient (Wildman–Crippen LogP) is 0.999. The van der Waals surface area contributed by atoms with E-state index in [0.717, 1.165) is 0 Å². The van der Waals surface area contributed by atoms with Crippen molar-refractivity contribution >= 4 is 11.9 Å². The zero-order valence-electron chi connectivity index (χ0n) is 11.1. The van der Waals surface area contributed by atoms with Crippen LogP contribution in [0.25, 0.3) is 0 Å². The lowest BCUT2D eigenvalue weighted by Gasteiger charge is -2.25. The molecule has 0 amide bonds. The van der Waals surface area contributed by atoms with Crippen LogP contribution >= 0.6 is 0 Å². The SMILES string of the molecule is CCC1(N)CC1(C(=O)OC)C(=O)OC(C)(C)C. The van der Waals surface area contributed by atoms with Crippen molar-refractivity contribution in [1.82, 2.24) is 0 Å². The fraction of sp³-hybridized carbons (Fsp3) is 0.833. The zero-order valence-corrected chi connectivity index (χ0v) is 11.1. The van der Waals surface area contributed by atoms with Crippen molar-refractivity contribution in [3.05, 3.63) is 0 Å². The van der Waals surface area contributed by atoms with Gasteiger partial charge in [0, 0.05) is 5.54 Å². The Morgan fingerprint density at radius 3 is 2.12 bits per heavy atom. The minimum absolute atomic E-state index is 0.290. The third-order valence-corrected chi connectivity index (χ3v) is 3.22. The molecule has 5 nitrogen and oxygen atoms in total. The van der Waals surface area contributed by atoms with Crippen molar-refractivity contribution in [2.75, 3.05) is 7.11 Å². The summed E-state index contributed by atoms with van der Waals surface area (Å²) in [6.07, 6.45) is 0.819. The minimum atomic E-state index is -1.32. The lowest BCUT2D eigenvalue weighted by molar-refractivity contribution is -0.171. The van der Waals surface area contributed by atoms with Gasteiger partial charge in [-0.25, -0.2) is 0 Å². The maximum atomic E-state index is 12.1. The average molecular weight is 243 g/mol. The highest BCUT2D eigenvalue weighted by Crippen LogP contribution is 2.58. The van der Waals surface area contributed by atoms with Gasteiger partial charge in [-0.1, -0.05) is 6.92 Å². The second kappa shape index (κ2) is 3.98. The predicted molar refractivity (Wildman–Crippen MR) is 62.1 cm³/mol. The van der Waals surface area contributed by atoms with Crippen molar-refractivity contribution in [1.29, 1.82) is 0 Å². The Bertz CT molecular complexity index is 347. The number of carbonyl (C=O) groups is 2. The molecule has 0 heterocycles. The van der Waals surface area contributed by atoms with Crippen molar-refractivity contribution < 1.29 is 19.1 Å². The van der Waals surface area contributed by atoms with Crippen LogP contribution in [0.5, 0.6) is 0 Å². The first kappa shape index (κ1) is 14.0. The number of carbonyl (C=O) groups excluding carboxylic acids is 2. The van der Waals surface area contributed by atoms with Crippen LogP contribution in [0.15, 0.2) is 0 Å². The summed E-state index contributed by atoms with van der Waals surface area (Å²) in [5.74, 6) is -1.18. The molecular weight excluding hydrogens is 222 g/mol. The second-order valence-corrected chi connectivity index (χ2v) is 5.59. The largest absolute Gasteiger partial charge is 0.468 e. The highest BCUT2D eigenvalue weighted by molar-refractivity contribution is 6.06. The van der Waals surface area contributed by atoms with E-state index >= 15 is 0 Å². The topological polar surface area (TPSA) is 78.6 Å². The van der Waals surface area contributed by atoms with Crippen LogP contribution in [-0.2, 0) is 19.1 Å². The lowest BCUT2D eigenvalue weighted by Crippen LogP contribution is -2.44. The van der Waals surface area contributed by atoms with Gasteiger partial charge < -0.3 is 15.2 Å². The number of nitrogens with two attached hydrogens (primary N) is 1. The molecule has 0 aromatic heterocycles. The third kappa shape index (κ3) is 2.16. The molecule has 0 bridgehead atoms. The standard InChI is InChI=1S/C12H21NO4/c1-6-11(13)7-12(11,8(14)16-5)9(15)17-10(2,3)4/h6-7,13H2,1-5H3. The van der Waals surface area contributed by atoms with Crippen molar-refractivity contribution in [2.24, 2.45) is 11.1 Å². The number of rotatable bonds is 3. The Morgan fingerprint density at radius 2 is 1.82 bits per heavy atom. The third-order valence-electron chi connectivity index (χ3n) is 3.22. The Hall–Kier alpha value is -1.10. The molecule has 2 atom stereocenters. The van der Waals surface area contributed by atoms with Gasteiger partial charge in [-0.2, -0.15) is 0 Å². The van der Waals surface area contributed by atoms with Gasteiger partial charge in [-0.3, -0.25) is 9.59 Å². The Labute approximate surface area is 102 Å². The Kier molecular flexibility index (Phi) is 3.27. The minimum Gasteiger partial charge on any atom is -0.468 e. The molecule has 5 heteroatoms. The summed E-state index contributed by atoms with van der Waals surface area (Å²) in [5, 5.41) is 0. The highest BCUT2D eigenvalue weighted by Gasteiger charge is 2.76. The van der Waals surface area contributed by atoms with Gasteiger partial charge >= 0.3 is 11.9 Å². The van der Waals surface area contributed by atoms with Gasteiger partial charge in [0.15, 0.2) is 5.41 Å². The van der Waals surface area contributed by atoms with E-state index in [1.54, 1.807) is 20.8 Å². The number of esters is 2. The molecule has 0 spiro atoms. The van der Waals surface area contributed by atoms with E-state index in [-0.39, 0.29) is 6.42 Å². The van der Waals surface area contributed by atoms with E-state index in [1.165, 1.54) is 7.11 Å². The van der Waals surface area contributed by atoms with E-state index in [1.807, 2.05) is 6.92 Å². The van der Waals surface area contributed by atoms with E-state index in [2.05, 4.69) is 0 Å². The number of hydrogen-bond donors (Lipinski definition) is 1. The molecule has 0 radical (unpaired) electrons. The smallest absolute Gasteiger partial charge is 0.326 e. The van der Waals surface area contributed by atoms with Gasteiger partial charge in [0.2, 0.25) is 0 Å². The molecule has 2 unspecified atom stereocenters. The van der Waals surface area contributed by atoms with Crippen LogP contribution < -0.4 is 5.73 Å². The van der Waals surface area contributed by atoms with E-state index in [4.69, 9.17) is 15.2 Å². The molecule has 0 aliphatic heterocycles.